The monoisotopic (exact) mass is 574 g/mol. The van der Waals surface area contributed by atoms with Crippen molar-refractivity contribution in [1.82, 2.24) is 18.9 Å². The Balaban J connectivity index is 2.39. The second-order valence-corrected chi connectivity index (χ2v) is 10.3. The Morgan fingerprint density at radius 1 is 0.692 bits per heavy atom. The van der Waals surface area contributed by atoms with Gasteiger partial charge in [-0.05, 0) is 62.3 Å². The van der Waals surface area contributed by atoms with Gasteiger partial charge in [0.05, 0.1) is 0 Å². The molecule has 1 aromatic heterocycles. The number of rotatable bonds is 15. The van der Waals surface area contributed by atoms with Crippen LogP contribution in [0.25, 0.3) is 6.08 Å². The minimum Gasteiger partial charge on any atom is -0.494 e. The van der Waals surface area contributed by atoms with E-state index in [0.29, 0.717) is 31.0 Å². The van der Waals surface area contributed by atoms with E-state index in [0.717, 1.165) is 51.4 Å². The van der Waals surface area contributed by atoms with Crippen LogP contribution < -0.4 is 5.56 Å². The summed E-state index contributed by atoms with van der Waals surface area (Å²) in [6.07, 6.45) is 14.7. The number of carbonyl (C=O) groups is 2. The van der Waals surface area contributed by atoms with E-state index < -0.39 is 11.8 Å². The standard InChI is InChI=1S/C29H42N4O4S2/c1-5-9-18-30-24(34)22(25(35)31(28(30)38)19-10-6-2)16-14-13-15-17-23-26(36)32(20-11-7-3)29(39)33(27(23)37)21-12-8-4/h13-17,34H,5-12,18-21H2,1-4H3/b15-13+,16-14+. The molecule has 2 amide bonds. The molecule has 0 bridgehead atoms. The number of hydrogen-bond acceptors (Lipinski definition) is 6. The van der Waals surface area contributed by atoms with E-state index in [1.54, 1.807) is 22.8 Å². The van der Waals surface area contributed by atoms with Crippen LogP contribution in [0.15, 0.2) is 34.7 Å². The smallest absolute Gasteiger partial charge is 0.265 e. The summed E-state index contributed by atoms with van der Waals surface area (Å²) in [4.78, 5) is 42.4. The molecule has 0 saturated carbocycles. The van der Waals surface area contributed by atoms with Crippen LogP contribution in [0.1, 0.15) is 84.6 Å². The number of aromatic hydroxyl groups is 1. The fourth-order valence-corrected chi connectivity index (χ4v) is 4.83. The number of amides is 2. The largest absolute Gasteiger partial charge is 0.494 e. The van der Waals surface area contributed by atoms with E-state index in [2.05, 4.69) is 6.92 Å². The molecular weight excluding hydrogens is 532 g/mol. The summed E-state index contributed by atoms with van der Waals surface area (Å²) in [5.74, 6) is -0.943. The highest BCUT2D eigenvalue weighted by Gasteiger charge is 2.38. The molecule has 2 heterocycles. The number of thiocarbonyl (C=S) groups is 1. The quantitative estimate of drug-likeness (QED) is 0.124. The number of aromatic nitrogens is 2. The van der Waals surface area contributed by atoms with Gasteiger partial charge >= 0.3 is 0 Å². The molecule has 8 nitrogen and oxygen atoms in total. The molecule has 1 aromatic rings. The molecule has 39 heavy (non-hydrogen) atoms. The highest BCUT2D eigenvalue weighted by Crippen LogP contribution is 2.20. The van der Waals surface area contributed by atoms with Crippen LogP contribution in [0.4, 0.5) is 0 Å². The minimum atomic E-state index is -0.394. The second-order valence-electron chi connectivity index (χ2n) is 9.56. The van der Waals surface area contributed by atoms with E-state index >= 15 is 0 Å². The Kier molecular flexibility index (Phi) is 13.5. The van der Waals surface area contributed by atoms with Gasteiger partial charge in [-0.2, -0.15) is 0 Å². The third kappa shape index (κ3) is 8.08. The van der Waals surface area contributed by atoms with E-state index in [9.17, 15) is 19.5 Å². The minimum absolute atomic E-state index is 0.0538. The average molecular weight is 575 g/mol. The predicted octanol–water partition coefficient (Wildman–Crippen LogP) is 5.74. The van der Waals surface area contributed by atoms with Crippen LogP contribution in [0, 0.1) is 4.77 Å². The third-order valence-electron chi connectivity index (χ3n) is 6.54. The highest BCUT2D eigenvalue weighted by molar-refractivity contribution is 7.80. The summed E-state index contributed by atoms with van der Waals surface area (Å²) >= 11 is 11.0. The Morgan fingerprint density at radius 2 is 1.18 bits per heavy atom. The summed E-state index contributed by atoms with van der Waals surface area (Å²) in [6, 6.07) is 0. The van der Waals surface area contributed by atoms with Crippen molar-refractivity contribution >= 4 is 47.4 Å². The van der Waals surface area contributed by atoms with Crippen molar-refractivity contribution in [3.05, 3.63) is 50.6 Å². The maximum atomic E-state index is 13.1. The predicted molar refractivity (Wildman–Crippen MR) is 163 cm³/mol. The van der Waals surface area contributed by atoms with Gasteiger partial charge in [0.15, 0.2) is 9.88 Å². The topological polar surface area (TPSA) is 87.8 Å². The van der Waals surface area contributed by atoms with Crippen LogP contribution in [0.2, 0.25) is 0 Å². The third-order valence-corrected chi connectivity index (χ3v) is 7.42. The summed E-state index contributed by atoms with van der Waals surface area (Å²) in [7, 11) is 0. The first kappa shape index (κ1) is 32.4. The molecule has 1 saturated heterocycles. The molecule has 0 atom stereocenters. The van der Waals surface area contributed by atoms with Crippen LogP contribution in [0.5, 0.6) is 5.88 Å². The van der Waals surface area contributed by atoms with Gasteiger partial charge in [-0.15, -0.1) is 0 Å². The maximum absolute atomic E-state index is 13.1. The summed E-state index contributed by atoms with van der Waals surface area (Å²) < 4.78 is 3.47. The Hall–Kier alpha value is -2.85. The van der Waals surface area contributed by atoms with Crippen molar-refractivity contribution in [2.75, 3.05) is 13.1 Å². The number of allylic oxidation sites excluding steroid dienone is 4. The van der Waals surface area contributed by atoms with Crippen molar-refractivity contribution in [3.63, 3.8) is 0 Å². The summed E-state index contributed by atoms with van der Waals surface area (Å²) in [6.45, 7) is 10.1. The number of nitrogens with zero attached hydrogens (tertiary/aromatic N) is 4. The van der Waals surface area contributed by atoms with Crippen molar-refractivity contribution in [2.24, 2.45) is 0 Å². The molecule has 0 aromatic carbocycles. The summed E-state index contributed by atoms with van der Waals surface area (Å²) in [5, 5.41) is 11.1. The normalized spacial score (nSPS) is 14.5. The molecular formula is C29H42N4O4S2. The molecule has 10 heteroatoms. The molecule has 1 N–H and O–H groups in total. The van der Waals surface area contributed by atoms with Crippen molar-refractivity contribution < 1.29 is 14.7 Å². The highest BCUT2D eigenvalue weighted by atomic mass is 32.1. The Bertz CT molecular complexity index is 1210. The molecule has 0 spiro atoms. The van der Waals surface area contributed by atoms with Crippen LogP contribution in [-0.2, 0) is 22.7 Å². The zero-order valence-electron chi connectivity index (χ0n) is 23.6. The number of unbranched alkanes of at least 4 members (excludes halogenated alkanes) is 4. The maximum Gasteiger partial charge on any atom is 0.265 e. The lowest BCUT2D eigenvalue weighted by atomic mass is 10.1. The first-order valence-corrected chi connectivity index (χ1v) is 14.9. The van der Waals surface area contributed by atoms with Crippen LogP contribution in [0.3, 0.4) is 0 Å². The van der Waals surface area contributed by atoms with Gasteiger partial charge in [0.2, 0.25) is 5.88 Å². The number of hydrogen-bond donors (Lipinski definition) is 1. The lowest BCUT2D eigenvalue weighted by molar-refractivity contribution is -0.133. The first-order valence-electron chi connectivity index (χ1n) is 14.0. The Labute approximate surface area is 242 Å². The molecule has 1 fully saturated rings. The molecule has 0 unspecified atom stereocenters. The second kappa shape index (κ2) is 16.3. The molecule has 0 aliphatic carbocycles. The lowest BCUT2D eigenvalue weighted by Crippen LogP contribution is -2.56. The summed E-state index contributed by atoms with van der Waals surface area (Å²) in [5.41, 5.74) is -0.135. The average Bonchev–Trinajstić information content (AvgIpc) is 2.91. The zero-order valence-corrected chi connectivity index (χ0v) is 25.3. The fraction of sp³-hybridized carbons (Fsp3) is 0.552. The van der Waals surface area contributed by atoms with Gasteiger partial charge in [0.25, 0.3) is 17.4 Å². The number of carbonyl (C=O) groups excluding carboxylic acids is 2. The van der Waals surface area contributed by atoms with Crippen molar-refractivity contribution in [1.29, 1.82) is 0 Å². The van der Waals surface area contributed by atoms with Crippen molar-refractivity contribution in [3.8, 4) is 5.88 Å². The lowest BCUT2D eigenvalue weighted by Gasteiger charge is -2.36. The van der Waals surface area contributed by atoms with Gasteiger partial charge < -0.3 is 5.11 Å². The van der Waals surface area contributed by atoms with E-state index in [4.69, 9.17) is 24.4 Å². The van der Waals surface area contributed by atoms with Gasteiger partial charge in [0.1, 0.15) is 11.1 Å². The molecule has 2 rings (SSSR count). The SMILES string of the molecule is CCCCN1C(=O)C(=C/C=C/C=C/c2c(O)n(CCCC)c(=S)n(CCCC)c2=O)C(=O)N(CCCC)C1=S. The van der Waals surface area contributed by atoms with Gasteiger partial charge in [-0.1, -0.05) is 71.6 Å². The fourth-order valence-electron chi connectivity index (χ4n) is 4.13. The first-order chi connectivity index (χ1) is 18.7. The van der Waals surface area contributed by atoms with E-state index in [1.807, 2.05) is 20.8 Å². The molecule has 1 aliphatic rings. The molecule has 1 aliphatic heterocycles. The van der Waals surface area contributed by atoms with E-state index in [1.165, 1.54) is 26.5 Å². The van der Waals surface area contributed by atoms with Crippen LogP contribution in [-0.4, -0.2) is 54.1 Å². The van der Waals surface area contributed by atoms with E-state index in [-0.39, 0.29) is 27.7 Å². The van der Waals surface area contributed by atoms with Crippen LogP contribution >= 0.6 is 24.4 Å². The molecule has 214 valence electrons. The van der Waals surface area contributed by atoms with Gasteiger partial charge in [0, 0.05) is 26.2 Å². The van der Waals surface area contributed by atoms with Gasteiger partial charge in [-0.25, -0.2) is 0 Å². The Morgan fingerprint density at radius 3 is 1.69 bits per heavy atom. The zero-order chi connectivity index (χ0) is 28.9. The van der Waals surface area contributed by atoms with Crippen molar-refractivity contribution in [2.45, 2.75) is 92.2 Å². The molecule has 0 radical (unpaired) electrons. The van der Waals surface area contributed by atoms with Gasteiger partial charge in [-0.3, -0.25) is 33.3 Å².